The second-order valence-corrected chi connectivity index (χ2v) is 6.41. The zero-order valence-electron chi connectivity index (χ0n) is 12.6. The molecule has 3 heterocycles. The fourth-order valence-electron chi connectivity index (χ4n) is 4.04. The van der Waals surface area contributed by atoms with Crippen LogP contribution < -0.4 is 0 Å². The first-order valence-corrected chi connectivity index (χ1v) is 7.97. The lowest BCUT2D eigenvalue weighted by molar-refractivity contribution is 0.738. The smallest absolute Gasteiger partial charge is 0.0482 e. The van der Waals surface area contributed by atoms with Gasteiger partial charge in [0.2, 0.25) is 0 Å². The van der Waals surface area contributed by atoms with Crippen LogP contribution in [0.5, 0.6) is 0 Å². The molecule has 1 aliphatic rings. The lowest BCUT2D eigenvalue weighted by Crippen LogP contribution is -1.95. The summed E-state index contributed by atoms with van der Waals surface area (Å²) in [6.45, 7) is 3.29. The summed E-state index contributed by atoms with van der Waals surface area (Å²) in [6.07, 6.45) is 3.41. The van der Waals surface area contributed by atoms with E-state index in [9.17, 15) is 0 Å². The highest BCUT2D eigenvalue weighted by molar-refractivity contribution is 5.86. The van der Waals surface area contributed by atoms with Crippen LogP contribution in [0.25, 0.3) is 21.8 Å². The maximum atomic E-state index is 3.45. The van der Waals surface area contributed by atoms with Crippen molar-refractivity contribution in [2.75, 3.05) is 0 Å². The Kier molecular flexibility index (Phi) is 2.34. The first kappa shape index (κ1) is 12.1. The maximum absolute atomic E-state index is 3.45. The van der Waals surface area contributed by atoms with Crippen molar-refractivity contribution in [1.29, 1.82) is 0 Å². The molecule has 0 spiro atoms. The number of nitrogens with zero attached hydrogens (tertiary/aromatic N) is 1. The predicted octanol–water partition coefficient (Wildman–Crippen LogP) is 4.97. The number of aromatic amines is 1. The molecular formula is C20H18N2. The molecule has 0 fully saturated rings. The van der Waals surface area contributed by atoms with E-state index in [1.807, 2.05) is 0 Å². The molecule has 0 radical (unpaired) electrons. The number of hydrogen-bond donors (Lipinski definition) is 1. The highest BCUT2D eigenvalue weighted by atomic mass is 15.0. The molecule has 22 heavy (non-hydrogen) atoms. The molecule has 0 saturated carbocycles. The molecule has 2 aromatic carbocycles. The second kappa shape index (κ2) is 4.26. The van der Waals surface area contributed by atoms with E-state index in [1.165, 1.54) is 45.0 Å². The van der Waals surface area contributed by atoms with Crippen molar-refractivity contribution in [2.24, 2.45) is 0 Å². The predicted molar refractivity (Wildman–Crippen MR) is 91.4 cm³/mol. The lowest BCUT2D eigenvalue weighted by atomic mass is 9.94. The minimum atomic E-state index is 0.503. The minimum absolute atomic E-state index is 0.503. The fraction of sp³-hybridized carbons (Fsp3) is 0.200. The standard InChI is InChI=1S/C20H18N2/c1-13-6-7-18-16(10-13)17(12-21-18)15-8-9-22-19-5-3-2-4-14(19)11-20(15)22/h2-7,10-12,15,21H,8-9H2,1H3. The molecular weight excluding hydrogens is 268 g/mol. The molecule has 1 N–H and O–H groups in total. The van der Waals surface area contributed by atoms with Gasteiger partial charge in [-0.05, 0) is 48.6 Å². The Morgan fingerprint density at radius 3 is 2.95 bits per heavy atom. The topological polar surface area (TPSA) is 20.7 Å². The van der Waals surface area contributed by atoms with Gasteiger partial charge in [-0.15, -0.1) is 0 Å². The molecule has 0 bridgehead atoms. The third kappa shape index (κ3) is 1.55. The quantitative estimate of drug-likeness (QED) is 0.510. The normalized spacial score (nSPS) is 17.4. The summed E-state index contributed by atoms with van der Waals surface area (Å²) in [7, 11) is 0. The van der Waals surface area contributed by atoms with Crippen molar-refractivity contribution in [1.82, 2.24) is 9.55 Å². The van der Waals surface area contributed by atoms with Crippen LogP contribution in [0.15, 0.2) is 54.7 Å². The van der Waals surface area contributed by atoms with Crippen LogP contribution in [0, 0.1) is 6.92 Å². The first-order chi connectivity index (χ1) is 10.8. The van der Waals surface area contributed by atoms with Crippen LogP contribution in [0.3, 0.4) is 0 Å². The second-order valence-electron chi connectivity index (χ2n) is 6.41. The van der Waals surface area contributed by atoms with Gasteiger partial charge in [0.1, 0.15) is 0 Å². The molecule has 108 valence electrons. The van der Waals surface area contributed by atoms with Gasteiger partial charge in [0.15, 0.2) is 0 Å². The van der Waals surface area contributed by atoms with Gasteiger partial charge in [-0.3, -0.25) is 0 Å². The van der Waals surface area contributed by atoms with Gasteiger partial charge in [0, 0.05) is 40.8 Å². The Bertz CT molecular complexity index is 1000. The van der Waals surface area contributed by atoms with E-state index >= 15 is 0 Å². The van der Waals surface area contributed by atoms with E-state index in [4.69, 9.17) is 0 Å². The Morgan fingerprint density at radius 1 is 1.09 bits per heavy atom. The number of hydrogen-bond acceptors (Lipinski definition) is 0. The summed E-state index contributed by atoms with van der Waals surface area (Å²) in [4.78, 5) is 3.45. The minimum Gasteiger partial charge on any atom is -0.361 e. The van der Waals surface area contributed by atoms with E-state index in [2.05, 4.69) is 71.2 Å². The Balaban J connectivity index is 1.73. The van der Waals surface area contributed by atoms with Gasteiger partial charge >= 0.3 is 0 Å². The maximum Gasteiger partial charge on any atom is 0.0482 e. The van der Waals surface area contributed by atoms with Crippen molar-refractivity contribution < 1.29 is 0 Å². The van der Waals surface area contributed by atoms with Crippen molar-refractivity contribution in [3.63, 3.8) is 0 Å². The third-order valence-electron chi connectivity index (χ3n) is 5.09. The van der Waals surface area contributed by atoms with Crippen molar-refractivity contribution >= 4 is 21.8 Å². The monoisotopic (exact) mass is 286 g/mol. The molecule has 0 aliphatic carbocycles. The van der Waals surface area contributed by atoms with Crippen LogP contribution in [-0.2, 0) is 6.54 Å². The average molecular weight is 286 g/mol. The van der Waals surface area contributed by atoms with E-state index < -0.39 is 0 Å². The number of nitrogens with one attached hydrogen (secondary N) is 1. The van der Waals surface area contributed by atoms with Crippen LogP contribution in [0.2, 0.25) is 0 Å². The summed E-state index contributed by atoms with van der Waals surface area (Å²) >= 11 is 0. The summed E-state index contributed by atoms with van der Waals surface area (Å²) < 4.78 is 2.49. The van der Waals surface area contributed by atoms with Crippen molar-refractivity contribution in [2.45, 2.75) is 25.8 Å². The molecule has 5 rings (SSSR count). The molecule has 2 aromatic heterocycles. The zero-order chi connectivity index (χ0) is 14.7. The Morgan fingerprint density at radius 2 is 2.00 bits per heavy atom. The fourth-order valence-corrected chi connectivity index (χ4v) is 4.04. The van der Waals surface area contributed by atoms with E-state index in [0.717, 1.165) is 6.54 Å². The van der Waals surface area contributed by atoms with Crippen LogP contribution in [0.1, 0.15) is 29.2 Å². The number of benzene rings is 2. The van der Waals surface area contributed by atoms with E-state index in [1.54, 1.807) is 0 Å². The van der Waals surface area contributed by atoms with Gasteiger partial charge in [-0.25, -0.2) is 0 Å². The SMILES string of the molecule is Cc1ccc2[nH]cc(C3CCn4c3cc3ccccc34)c2c1. The molecule has 0 saturated heterocycles. The molecule has 4 aromatic rings. The molecule has 2 nitrogen and oxygen atoms in total. The van der Waals surface area contributed by atoms with Crippen molar-refractivity contribution in [3.8, 4) is 0 Å². The van der Waals surface area contributed by atoms with Crippen LogP contribution in [-0.4, -0.2) is 9.55 Å². The van der Waals surface area contributed by atoms with Gasteiger partial charge in [-0.2, -0.15) is 0 Å². The largest absolute Gasteiger partial charge is 0.361 e. The molecule has 1 unspecified atom stereocenters. The molecule has 2 heteroatoms. The number of rotatable bonds is 1. The number of aromatic nitrogens is 2. The molecule has 1 atom stereocenters. The van der Waals surface area contributed by atoms with Crippen LogP contribution >= 0.6 is 0 Å². The van der Waals surface area contributed by atoms with Crippen molar-refractivity contribution in [3.05, 3.63) is 71.5 Å². The van der Waals surface area contributed by atoms with Crippen LogP contribution in [0.4, 0.5) is 0 Å². The number of fused-ring (bicyclic) bond motifs is 4. The number of aryl methyl sites for hydroxylation is 2. The highest BCUT2D eigenvalue weighted by Gasteiger charge is 2.27. The van der Waals surface area contributed by atoms with Gasteiger partial charge < -0.3 is 9.55 Å². The molecule has 0 amide bonds. The Hall–Kier alpha value is -2.48. The Labute approximate surface area is 129 Å². The first-order valence-electron chi connectivity index (χ1n) is 7.97. The zero-order valence-corrected chi connectivity index (χ0v) is 12.6. The molecule has 1 aliphatic heterocycles. The summed E-state index contributed by atoms with van der Waals surface area (Å²) in [6, 6.07) is 17.8. The highest BCUT2D eigenvalue weighted by Crippen LogP contribution is 2.41. The summed E-state index contributed by atoms with van der Waals surface area (Å²) in [5, 5.41) is 2.74. The average Bonchev–Trinajstić information content (AvgIpc) is 3.19. The van der Waals surface area contributed by atoms with Gasteiger partial charge in [0.05, 0.1) is 0 Å². The van der Waals surface area contributed by atoms with E-state index in [-0.39, 0.29) is 0 Å². The van der Waals surface area contributed by atoms with E-state index in [0.29, 0.717) is 5.92 Å². The lowest BCUT2D eigenvalue weighted by Gasteiger charge is -2.08. The van der Waals surface area contributed by atoms with Gasteiger partial charge in [0.25, 0.3) is 0 Å². The summed E-state index contributed by atoms with van der Waals surface area (Å²) in [5.41, 5.74) is 6.85. The number of para-hydroxylation sites is 1. The summed E-state index contributed by atoms with van der Waals surface area (Å²) in [5.74, 6) is 0.503. The number of H-pyrrole nitrogens is 1. The van der Waals surface area contributed by atoms with Gasteiger partial charge in [-0.1, -0.05) is 29.8 Å². The third-order valence-corrected chi connectivity index (χ3v) is 5.09.